The molecule has 1 aliphatic heterocycles. The first kappa shape index (κ1) is 14.4. The number of benzene rings is 2. The number of rotatable bonds is 2. The molecule has 5 heteroatoms. The van der Waals surface area contributed by atoms with Gasteiger partial charge in [-0.2, -0.15) is 0 Å². The fraction of sp³-hybridized carbons (Fsp3) is 0. The fourth-order valence-corrected chi connectivity index (χ4v) is 2.22. The highest BCUT2D eigenvalue weighted by atomic mass is 35.5. The van der Waals surface area contributed by atoms with Crippen molar-refractivity contribution in [1.29, 1.82) is 0 Å². The monoisotopic (exact) mass is 316 g/mol. The summed E-state index contributed by atoms with van der Waals surface area (Å²) in [5.74, 6) is -1.24. The maximum Gasteiger partial charge on any atom is 0.348 e. The standard InChI is InChI=1S/C17H10ClFO3/c18-12-5-3-11(4-6-12)15-16(20)14(22-17(15)21)9-10-1-7-13(19)8-2-10/h1-9,20H. The molecule has 3 nitrogen and oxygen atoms in total. The molecule has 1 N–H and O–H groups in total. The summed E-state index contributed by atoms with van der Waals surface area (Å²) in [6.45, 7) is 0. The maximum atomic E-state index is 12.9. The first-order valence-corrected chi connectivity index (χ1v) is 6.81. The average molecular weight is 317 g/mol. The highest BCUT2D eigenvalue weighted by Gasteiger charge is 2.30. The van der Waals surface area contributed by atoms with E-state index >= 15 is 0 Å². The van der Waals surface area contributed by atoms with Crippen LogP contribution < -0.4 is 0 Å². The van der Waals surface area contributed by atoms with E-state index in [9.17, 15) is 14.3 Å². The van der Waals surface area contributed by atoms with E-state index in [1.807, 2.05) is 0 Å². The largest absolute Gasteiger partial charge is 0.504 e. The Kier molecular flexibility index (Phi) is 3.69. The molecule has 0 bridgehead atoms. The summed E-state index contributed by atoms with van der Waals surface area (Å²) in [6, 6.07) is 12.1. The van der Waals surface area contributed by atoms with Crippen molar-refractivity contribution in [3.63, 3.8) is 0 Å². The summed E-state index contributed by atoms with van der Waals surface area (Å²) in [5.41, 5.74) is 1.19. The molecule has 0 aromatic heterocycles. The zero-order valence-electron chi connectivity index (χ0n) is 11.2. The first-order chi connectivity index (χ1) is 10.5. The van der Waals surface area contributed by atoms with E-state index in [4.69, 9.17) is 16.3 Å². The number of carbonyl (C=O) groups excluding carboxylic acids is 1. The highest BCUT2D eigenvalue weighted by molar-refractivity contribution is 6.30. The molecule has 1 aliphatic rings. The van der Waals surface area contributed by atoms with E-state index in [1.54, 1.807) is 24.3 Å². The topological polar surface area (TPSA) is 46.5 Å². The summed E-state index contributed by atoms with van der Waals surface area (Å²) < 4.78 is 18.0. The average Bonchev–Trinajstić information content (AvgIpc) is 2.77. The number of carbonyl (C=O) groups is 1. The molecular formula is C17H10ClFO3. The third kappa shape index (κ3) is 2.73. The van der Waals surface area contributed by atoms with E-state index in [1.165, 1.54) is 30.3 Å². The number of hydrogen-bond acceptors (Lipinski definition) is 3. The molecule has 110 valence electrons. The van der Waals surface area contributed by atoms with Gasteiger partial charge in [-0.1, -0.05) is 35.9 Å². The van der Waals surface area contributed by atoms with Gasteiger partial charge in [0.1, 0.15) is 11.4 Å². The Morgan fingerprint density at radius 3 is 2.32 bits per heavy atom. The summed E-state index contributed by atoms with van der Waals surface area (Å²) >= 11 is 5.80. The molecule has 0 spiro atoms. The molecule has 0 radical (unpaired) electrons. The minimum Gasteiger partial charge on any atom is -0.504 e. The Morgan fingerprint density at radius 2 is 1.68 bits per heavy atom. The minimum absolute atomic E-state index is 0.0292. The van der Waals surface area contributed by atoms with Crippen LogP contribution in [0.1, 0.15) is 11.1 Å². The Labute approximate surface area is 130 Å². The number of ether oxygens (including phenoxy) is 1. The van der Waals surface area contributed by atoms with Gasteiger partial charge < -0.3 is 9.84 Å². The van der Waals surface area contributed by atoms with E-state index in [-0.39, 0.29) is 22.9 Å². The van der Waals surface area contributed by atoms with Gasteiger partial charge in [0.25, 0.3) is 0 Å². The van der Waals surface area contributed by atoms with Crippen LogP contribution in [0.25, 0.3) is 11.6 Å². The predicted molar refractivity (Wildman–Crippen MR) is 81.5 cm³/mol. The van der Waals surface area contributed by atoms with Gasteiger partial charge in [-0.05, 0) is 41.5 Å². The second-order valence-electron chi connectivity index (χ2n) is 4.68. The van der Waals surface area contributed by atoms with Crippen LogP contribution in [0.5, 0.6) is 0 Å². The maximum absolute atomic E-state index is 12.9. The molecule has 0 unspecified atom stereocenters. The van der Waals surface area contributed by atoms with Crippen LogP contribution in [-0.4, -0.2) is 11.1 Å². The number of aliphatic hydroxyl groups is 1. The third-order valence-electron chi connectivity index (χ3n) is 3.18. The molecule has 3 rings (SSSR count). The predicted octanol–water partition coefficient (Wildman–Crippen LogP) is 4.35. The van der Waals surface area contributed by atoms with Crippen molar-refractivity contribution in [2.24, 2.45) is 0 Å². The SMILES string of the molecule is O=C1OC(=Cc2ccc(F)cc2)C(O)=C1c1ccc(Cl)cc1. The Bertz CT molecular complexity index is 790. The fourth-order valence-electron chi connectivity index (χ4n) is 2.10. The van der Waals surface area contributed by atoms with Gasteiger partial charge in [-0.3, -0.25) is 0 Å². The van der Waals surface area contributed by atoms with Gasteiger partial charge in [0.05, 0.1) is 0 Å². The van der Waals surface area contributed by atoms with E-state index in [2.05, 4.69) is 0 Å². The van der Waals surface area contributed by atoms with E-state index in [0.29, 0.717) is 16.1 Å². The number of hydrogen-bond donors (Lipinski definition) is 1. The molecule has 2 aromatic carbocycles. The lowest BCUT2D eigenvalue weighted by Crippen LogP contribution is -1.98. The van der Waals surface area contributed by atoms with Crippen LogP contribution in [0, 0.1) is 5.82 Å². The van der Waals surface area contributed by atoms with Gasteiger partial charge in [0, 0.05) is 5.02 Å². The van der Waals surface area contributed by atoms with Crippen molar-refractivity contribution < 1.29 is 19.0 Å². The molecule has 2 aromatic rings. The van der Waals surface area contributed by atoms with Crippen LogP contribution in [-0.2, 0) is 9.53 Å². The number of halogens is 2. The van der Waals surface area contributed by atoms with Gasteiger partial charge in [0.15, 0.2) is 11.5 Å². The Balaban J connectivity index is 2.00. The van der Waals surface area contributed by atoms with Crippen molar-refractivity contribution >= 4 is 29.2 Å². The van der Waals surface area contributed by atoms with E-state index < -0.39 is 5.97 Å². The second kappa shape index (κ2) is 5.66. The van der Waals surface area contributed by atoms with Crippen LogP contribution in [0.2, 0.25) is 5.02 Å². The van der Waals surface area contributed by atoms with Crippen molar-refractivity contribution in [2.45, 2.75) is 0 Å². The zero-order chi connectivity index (χ0) is 15.7. The Hall–Kier alpha value is -2.59. The van der Waals surface area contributed by atoms with Crippen molar-refractivity contribution in [2.75, 3.05) is 0 Å². The summed E-state index contributed by atoms with van der Waals surface area (Å²) in [7, 11) is 0. The van der Waals surface area contributed by atoms with Crippen LogP contribution in [0.4, 0.5) is 4.39 Å². The minimum atomic E-state index is -0.645. The van der Waals surface area contributed by atoms with Gasteiger partial charge in [-0.15, -0.1) is 0 Å². The van der Waals surface area contributed by atoms with Gasteiger partial charge in [0.2, 0.25) is 0 Å². The molecular weight excluding hydrogens is 307 g/mol. The van der Waals surface area contributed by atoms with Crippen LogP contribution >= 0.6 is 11.6 Å². The first-order valence-electron chi connectivity index (χ1n) is 6.43. The lowest BCUT2D eigenvalue weighted by molar-refractivity contribution is -0.131. The molecule has 1 heterocycles. The number of esters is 1. The summed E-state index contributed by atoms with van der Waals surface area (Å²) in [5, 5.41) is 10.7. The van der Waals surface area contributed by atoms with Gasteiger partial charge >= 0.3 is 5.97 Å². The molecule has 0 saturated heterocycles. The van der Waals surface area contributed by atoms with Crippen molar-refractivity contribution in [3.8, 4) is 0 Å². The third-order valence-corrected chi connectivity index (χ3v) is 3.43. The van der Waals surface area contributed by atoms with Gasteiger partial charge in [-0.25, -0.2) is 9.18 Å². The molecule has 0 fully saturated rings. The summed E-state index contributed by atoms with van der Waals surface area (Å²) in [4.78, 5) is 12.0. The normalized spacial score (nSPS) is 16.3. The molecule has 0 aliphatic carbocycles. The lowest BCUT2D eigenvalue weighted by atomic mass is 10.1. The lowest BCUT2D eigenvalue weighted by Gasteiger charge is -1.99. The van der Waals surface area contributed by atoms with Crippen molar-refractivity contribution in [3.05, 3.63) is 82.0 Å². The van der Waals surface area contributed by atoms with Crippen LogP contribution in [0.3, 0.4) is 0 Å². The quantitative estimate of drug-likeness (QED) is 0.838. The smallest absolute Gasteiger partial charge is 0.348 e. The number of cyclic esters (lactones) is 1. The molecule has 0 saturated carbocycles. The summed E-state index contributed by atoms with van der Waals surface area (Å²) in [6.07, 6.45) is 1.47. The van der Waals surface area contributed by atoms with Crippen molar-refractivity contribution in [1.82, 2.24) is 0 Å². The zero-order valence-corrected chi connectivity index (χ0v) is 12.0. The molecule has 0 atom stereocenters. The molecule has 22 heavy (non-hydrogen) atoms. The highest BCUT2D eigenvalue weighted by Crippen LogP contribution is 2.33. The van der Waals surface area contributed by atoms with Crippen LogP contribution in [0.15, 0.2) is 60.0 Å². The Morgan fingerprint density at radius 1 is 1.05 bits per heavy atom. The molecule has 0 amide bonds. The van der Waals surface area contributed by atoms with E-state index in [0.717, 1.165) is 0 Å². The second-order valence-corrected chi connectivity index (χ2v) is 5.12. The number of aliphatic hydroxyl groups excluding tert-OH is 1.